The molecule has 0 aliphatic carbocycles. The number of carbonyl (C=O) groups excluding carboxylic acids is 1. The lowest BCUT2D eigenvalue weighted by atomic mass is 10.0. The fraction of sp³-hybridized carbons (Fsp3) is 0.234. The third-order valence-electron chi connectivity index (χ3n) is 11.2. The van der Waals surface area contributed by atoms with E-state index < -0.39 is 5.97 Å². The van der Waals surface area contributed by atoms with Gasteiger partial charge in [0.05, 0.1) is 22.5 Å². The van der Waals surface area contributed by atoms with Gasteiger partial charge in [-0.05, 0) is 89.0 Å². The average Bonchev–Trinajstić information content (AvgIpc) is 3.30. The smallest absolute Gasteiger partial charge is 0.336 e. The number of hydrogen-bond donors (Lipinski definition) is 3. The lowest BCUT2D eigenvalue weighted by Crippen LogP contribution is -2.48. The molecule has 4 aromatic carbocycles. The molecule has 16 heteroatoms. The van der Waals surface area contributed by atoms with Crippen molar-refractivity contribution in [3.05, 3.63) is 162 Å². The standard InChI is InChI=1S/C26H26Cl3N5O.C21H17Cl2N3O2/c27-21-3-1-18(2-4-21)16-32-9-11-33(12-10-32)26(35)19-14-24-25(31-15-19)30-7-8-34(24)17-20-13-22(28)5-6-23(20)29;22-15-5-6-18(23)14(9-15)12-26-8-7-24-20-19(26)10-13(11-25-20)16-3-1-2-4-17(16)21(27)28/h1-6,13-15H,7-12,16-17H2,(H,30,31);1-6,9-11H,7-8,12H2,(H,24,25)(H,27,28). The van der Waals surface area contributed by atoms with Gasteiger partial charge in [0.25, 0.3) is 5.91 Å². The summed E-state index contributed by atoms with van der Waals surface area (Å²) in [7, 11) is 0. The first-order chi connectivity index (χ1) is 30.5. The van der Waals surface area contributed by atoms with Crippen LogP contribution in [-0.4, -0.2) is 89.1 Å². The van der Waals surface area contributed by atoms with E-state index in [4.69, 9.17) is 58.0 Å². The van der Waals surface area contributed by atoms with Crippen LogP contribution in [0.2, 0.25) is 25.1 Å². The topological polar surface area (TPSA) is 117 Å². The summed E-state index contributed by atoms with van der Waals surface area (Å²) in [5.74, 6) is 0.589. The first-order valence-corrected chi connectivity index (χ1v) is 22.3. The summed E-state index contributed by atoms with van der Waals surface area (Å²) in [4.78, 5) is 42.6. The second kappa shape index (κ2) is 20.1. The summed E-state index contributed by atoms with van der Waals surface area (Å²) in [6.07, 6.45) is 3.37. The van der Waals surface area contributed by atoms with Crippen LogP contribution in [0.5, 0.6) is 0 Å². The molecule has 6 aromatic rings. The molecule has 1 fully saturated rings. The third kappa shape index (κ3) is 10.7. The molecule has 0 atom stereocenters. The maximum Gasteiger partial charge on any atom is 0.336 e. The number of benzene rings is 4. The van der Waals surface area contributed by atoms with Gasteiger partial charge in [0.15, 0.2) is 0 Å². The van der Waals surface area contributed by atoms with E-state index in [9.17, 15) is 14.7 Å². The Bertz CT molecular complexity index is 2630. The number of piperazine rings is 1. The van der Waals surface area contributed by atoms with Crippen molar-refractivity contribution in [1.29, 1.82) is 0 Å². The van der Waals surface area contributed by atoms with Crippen LogP contribution >= 0.6 is 58.0 Å². The van der Waals surface area contributed by atoms with Crippen molar-refractivity contribution in [3.8, 4) is 11.1 Å². The summed E-state index contributed by atoms with van der Waals surface area (Å²) in [5, 5.41) is 19.5. The molecule has 9 rings (SSSR count). The summed E-state index contributed by atoms with van der Waals surface area (Å²) in [6, 6.07) is 29.7. The molecule has 0 saturated carbocycles. The van der Waals surface area contributed by atoms with Crippen molar-refractivity contribution in [2.24, 2.45) is 0 Å². The van der Waals surface area contributed by atoms with E-state index in [2.05, 4.69) is 47.4 Å². The van der Waals surface area contributed by atoms with Crippen molar-refractivity contribution in [3.63, 3.8) is 0 Å². The quantitative estimate of drug-likeness (QED) is 0.129. The lowest BCUT2D eigenvalue weighted by Gasteiger charge is -2.35. The fourth-order valence-corrected chi connectivity index (χ4v) is 8.78. The van der Waals surface area contributed by atoms with Crippen LogP contribution in [0.4, 0.5) is 23.0 Å². The van der Waals surface area contributed by atoms with Crippen LogP contribution in [-0.2, 0) is 19.6 Å². The Labute approximate surface area is 391 Å². The van der Waals surface area contributed by atoms with E-state index in [0.717, 1.165) is 90.5 Å². The molecule has 1 saturated heterocycles. The van der Waals surface area contributed by atoms with Gasteiger partial charge in [-0.15, -0.1) is 0 Å². The zero-order valence-electron chi connectivity index (χ0n) is 34.0. The van der Waals surface area contributed by atoms with Crippen molar-refractivity contribution in [2.45, 2.75) is 19.6 Å². The number of aromatic nitrogens is 2. The van der Waals surface area contributed by atoms with Crippen LogP contribution in [0, 0.1) is 0 Å². The Morgan fingerprint density at radius 2 is 1.16 bits per heavy atom. The molecule has 5 heterocycles. The molecule has 63 heavy (non-hydrogen) atoms. The van der Waals surface area contributed by atoms with E-state index in [0.29, 0.717) is 57.4 Å². The number of nitrogens with one attached hydrogen (secondary N) is 2. The van der Waals surface area contributed by atoms with Crippen molar-refractivity contribution >= 4 is 92.9 Å². The highest BCUT2D eigenvalue weighted by Gasteiger charge is 2.26. The number of carbonyl (C=O) groups is 2. The van der Waals surface area contributed by atoms with Crippen LogP contribution in [0.3, 0.4) is 0 Å². The molecule has 3 aliphatic heterocycles. The molecule has 3 N–H and O–H groups in total. The number of nitrogens with zero attached hydrogens (tertiary/aromatic N) is 6. The average molecular weight is 945 g/mol. The maximum absolute atomic E-state index is 13.3. The molecule has 3 aliphatic rings. The number of rotatable bonds is 9. The summed E-state index contributed by atoms with van der Waals surface area (Å²) in [5.41, 5.74) is 7.14. The van der Waals surface area contributed by atoms with Crippen molar-refractivity contribution in [1.82, 2.24) is 19.8 Å². The van der Waals surface area contributed by atoms with Gasteiger partial charge in [-0.2, -0.15) is 0 Å². The maximum atomic E-state index is 13.3. The van der Waals surface area contributed by atoms with Crippen LogP contribution in [0.15, 0.2) is 109 Å². The molecule has 1 amide bonds. The number of anilines is 4. The molecule has 2 aromatic heterocycles. The SMILES string of the molecule is O=C(O)c1ccccc1-c1cnc2c(c1)N(Cc1cc(Cl)ccc1Cl)CCN2.O=C(c1cnc2c(c1)N(Cc1cc(Cl)ccc1Cl)CCN2)N1CCN(Cc2ccc(Cl)cc2)CC1. The van der Waals surface area contributed by atoms with Gasteiger partial charge in [-0.1, -0.05) is 88.3 Å². The highest BCUT2D eigenvalue weighted by Crippen LogP contribution is 2.36. The molecule has 11 nitrogen and oxygen atoms in total. The van der Waals surface area contributed by atoms with E-state index in [1.54, 1.807) is 48.8 Å². The largest absolute Gasteiger partial charge is 0.478 e. The Morgan fingerprint density at radius 1 is 0.603 bits per heavy atom. The van der Waals surface area contributed by atoms with Gasteiger partial charge >= 0.3 is 5.97 Å². The van der Waals surface area contributed by atoms with Gasteiger partial charge in [0.1, 0.15) is 11.6 Å². The number of pyridine rings is 2. The monoisotopic (exact) mass is 942 g/mol. The number of fused-ring (bicyclic) bond motifs is 2. The van der Waals surface area contributed by atoms with E-state index in [-0.39, 0.29) is 11.5 Å². The molecule has 0 radical (unpaired) electrons. The first-order valence-electron chi connectivity index (χ1n) is 20.4. The highest BCUT2D eigenvalue weighted by atomic mass is 35.5. The minimum Gasteiger partial charge on any atom is -0.478 e. The first kappa shape index (κ1) is 44.3. The normalized spacial score (nSPS) is 14.7. The Kier molecular flexibility index (Phi) is 14.1. The van der Waals surface area contributed by atoms with Gasteiger partial charge in [-0.25, -0.2) is 14.8 Å². The van der Waals surface area contributed by atoms with Crippen LogP contribution in [0.25, 0.3) is 11.1 Å². The van der Waals surface area contributed by atoms with Crippen molar-refractivity contribution in [2.75, 3.05) is 72.8 Å². The second-order valence-corrected chi connectivity index (χ2v) is 17.5. The van der Waals surface area contributed by atoms with Crippen LogP contribution < -0.4 is 20.4 Å². The Morgan fingerprint density at radius 3 is 1.76 bits per heavy atom. The second-order valence-electron chi connectivity index (χ2n) is 15.4. The molecular formula is C47H43Cl5N8O3. The lowest BCUT2D eigenvalue weighted by molar-refractivity contribution is 0.0627. The number of carboxylic acid groups (broad SMARTS) is 1. The summed E-state index contributed by atoms with van der Waals surface area (Å²) in [6.45, 7) is 8.11. The predicted octanol–water partition coefficient (Wildman–Crippen LogP) is 10.6. The van der Waals surface area contributed by atoms with Gasteiger partial charge in [-0.3, -0.25) is 9.69 Å². The van der Waals surface area contributed by atoms with Gasteiger partial charge in [0.2, 0.25) is 0 Å². The minimum atomic E-state index is -0.964. The van der Waals surface area contributed by atoms with E-state index in [1.165, 1.54) is 5.56 Å². The molecule has 0 bridgehead atoms. The van der Waals surface area contributed by atoms with Gasteiger partial charge in [0, 0.05) is 115 Å². The Balaban J connectivity index is 0.000000177. The minimum absolute atomic E-state index is 0.0118. The number of hydrogen-bond acceptors (Lipinski definition) is 9. The van der Waals surface area contributed by atoms with Crippen molar-refractivity contribution < 1.29 is 14.7 Å². The summed E-state index contributed by atoms with van der Waals surface area (Å²) < 4.78 is 0. The van der Waals surface area contributed by atoms with E-state index >= 15 is 0 Å². The molecule has 324 valence electrons. The van der Waals surface area contributed by atoms with Crippen LogP contribution in [0.1, 0.15) is 37.4 Å². The third-order valence-corrected chi connectivity index (χ3v) is 12.7. The number of aromatic carboxylic acids is 1. The summed E-state index contributed by atoms with van der Waals surface area (Å²) >= 11 is 31.1. The number of halogens is 5. The zero-order valence-corrected chi connectivity index (χ0v) is 37.8. The van der Waals surface area contributed by atoms with E-state index in [1.807, 2.05) is 53.4 Å². The highest BCUT2D eigenvalue weighted by molar-refractivity contribution is 6.34. The Hall–Kier alpha value is -5.27. The molecular weight excluding hydrogens is 902 g/mol. The number of carboxylic acids is 1. The number of amides is 1. The zero-order chi connectivity index (χ0) is 44.0. The van der Waals surface area contributed by atoms with Gasteiger partial charge < -0.3 is 30.4 Å². The molecule has 0 unspecified atom stereocenters. The molecule has 0 spiro atoms. The predicted molar refractivity (Wildman–Crippen MR) is 256 cm³/mol. The fourth-order valence-electron chi connectivity index (χ4n) is 7.91.